The van der Waals surface area contributed by atoms with E-state index in [4.69, 9.17) is 16.9 Å². The maximum absolute atomic E-state index is 13.0. The number of pyridine rings is 1. The topological polar surface area (TPSA) is 106 Å². The minimum absolute atomic E-state index is 0.0782. The van der Waals surface area contributed by atoms with Gasteiger partial charge in [-0.05, 0) is 31.4 Å². The molecule has 1 atom stereocenters. The molecule has 3 heterocycles. The summed E-state index contributed by atoms with van der Waals surface area (Å²) in [6.45, 7) is 4.80. The van der Waals surface area contributed by atoms with Crippen LogP contribution in [0.2, 0.25) is 5.15 Å². The first-order valence-electron chi connectivity index (χ1n) is 12.7. The minimum Gasteiger partial charge on any atom is -0.353 e. The van der Waals surface area contributed by atoms with Gasteiger partial charge in [-0.3, -0.25) is 14.6 Å². The second-order valence-corrected chi connectivity index (χ2v) is 10.8. The molecule has 0 bridgehead atoms. The van der Waals surface area contributed by atoms with E-state index >= 15 is 0 Å². The predicted molar refractivity (Wildman–Crippen MR) is 143 cm³/mol. The molecule has 2 aromatic heterocycles. The highest BCUT2D eigenvalue weighted by atomic mass is 35.5. The fraction of sp³-hybridized carbons (Fsp3) is 0.538. The Bertz CT molecular complexity index is 1120. The fourth-order valence-corrected chi connectivity index (χ4v) is 5.90. The average molecular weight is 542 g/mol. The van der Waals surface area contributed by atoms with E-state index in [0.29, 0.717) is 48.9 Å². The third-order valence-electron chi connectivity index (χ3n) is 6.87. The lowest BCUT2D eigenvalue weighted by Gasteiger charge is -2.41. The molecule has 2 aliphatic rings. The van der Waals surface area contributed by atoms with Gasteiger partial charge in [-0.2, -0.15) is 5.26 Å². The fourth-order valence-electron chi connectivity index (χ4n) is 4.92. The summed E-state index contributed by atoms with van der Waals surface area (Å²) in [5.74, 6) is 1.18. The van der Waals surface area contributed by atoms with Crippen LogP contribution in [-0.2, 0) is 16.1 Å². The van der Waals surface area contributed by atoms with Gasteiger partial charge in [-0.25, -0.2) is 9.97 Å². The van der Waals surface area contributed by atoms with Crippen LogP contribution in [-0.4, -0.2) is 74.5 Å². The van der Waals surface area contributed by atoms with Gasteiger partial charge in [0.15, 0.2) is 5.16 Å². The number of carbonyl (C=O) groups excluding carboxylic acids is 2. The predicted octanol–water partition coefficient (Wildman–Crippen LogP) is 3.79. The third kappa shape index (κ3) is 7.33. The van der Waals surface area contributed by atoms with E-state index in [2.05, 4.69) is 32.8 Å². The monoisotopic (exact) mass is 541 g/mol. The summed E-state index contributed by atoms with van der Waals surface area (Å²) in [5, 5.41) is 9.75. The van der Waals surface area contributed by atoms with Gasteiger partial charge < -0.3 is 14.7 Å². The van der Waals surface area contributed by atoms with Crippen LogP contribution < -0.4 is 4.90 Å². The van der Waals surface area contributed by atoms with Gasteiger partial charge in [-0.15, -0.1) is 0 Å². The maximum atomic E-state index is 13.0. The first-order chi connectivity index (χ1) is 17.9. The summed E-state index contributed by atoms with van der Waals surface area (Å²) >= 11 is 7.56. The van der Waals surface area contributed by atoms with Crippen LogP contribution in [0, 0.1) is 17.2 Å². The van der Waals surface area contributed by atoms with Crippen molar-refractivity contribution in [3.05, 3.63) is 41.3 Å². The number of anilines is 1. The van der Waals surface area contributed by atoms with Gasteiger partial charge in [-0.1, -0.05) is 42.3 Å². The summed E-state index contributed by atoms with van der Waals surface area (Å²) in [4.78, 5) is 44.8. The first kappa shape index (κ1) is 27.1. The number of hydrogen-bond acceptors (Lipinski definition) is 8. The number of carbonyl (C=O) groups is 2. The van der Waals surface area contributed by atoms with Gasteiger partial charge in [0.1, 0.15) is 11.0 Å². The number of hydrogen-bond donors (Lipinski definition) is 0. The van der Waals surface area contributed by atoms with E-state index in [-0.39, 0.29) is 35.9 Å². The summed E-state index contributed by atoms with van der Waals surface area (Å²) < 4.78 is 0. The van der Waals surface area contributed by atoms with Gasteiger partial charge in [0, 0.05) is 63.1 Å². The zero-order valence-corrected chi connectivity index (χ0v) is 22.6. The highest BCUT2D eigenvalue weighted by Gasteiger charge is 2.33. The molecule has 4 rings (SSSR count). The van der Waals surface area contributed by atoms with Crippen LogP contribution in [0.1, 0.15) is 44.6 Å². The zero-order valence-electron chi connectivity index (χ0n) is 21.1. The van der Waals surface area contributed by atoms with E-state index in [1.54, 1.807) is 23.4 Å². The van der Waals surface area contributed by atoms with Crippen molar-refractivity contribution in [3.63, 3.8) is 0 Å². The molecule has 2 fully saturated rings. The van der Waals surface area contributed by atoms with Crippen LogP contribution in [0.5, 0.6) is 0 Å². The van der Waals surface area contributed by atoms with Crippen LogP contribution in [0.25, 0.3) is 0 Å². The Labute approximate surface area is 227 Å². The quantitative estimate of drug-likeness (QED) is 0.268. The Kier molecular flexibility index (Phi) is 9.58. The molecule has 2 aromatic rings. The van der Waals surface area contributed by atoms with Crippen molar-refractivity contribution in [3.8, 4) is 6.07 Å². The van der Waals surface area contributed by atoms with E-state index in [0.717, 1.165) is 31.2 Å². The number of amides is 2. The smallest absolute Gasteiger partial charge is 0.233 e. The molecule has 0 radical (unpaired) electrons. The largest absolute Gasteiger partial charge is 0.353 e. The minimum atomic E-state index is -0.109. The molecule has 1 unspecified atom stereocenters. The van der Waals surface area contributed by atoms with Crippen molar-refractivity contribution in [2.75, 3.05) is 36.8 Å². The molecular formula is C26H32ClN7O2S. The molecule has 0 N–H and O–H groups in total. The number of piperazine rings is 1. The van der Waals surface area contributed by atoms with Crippen LogP contribution in [0.3, 0.4) is 0 Å². The standard InChI is InChI=1S/C26H32ClN7O2S/c1-19-16-32(12-13-34(19)25(36)21-7-2-3-8-21)23-14-22(27)30-26(31-23)37-18-24(35)33(11-5-9-28)17-20-6-4-10-29-15-20/h4,6,10,14-15,19,21H,2-3,5,7-8,11-13,16-18H2,1H3. The second kappa shape index (κ2) is 13.1. The van der Waals surface area contributed by atoms with Crippen molar-refractivity contribution >= 4 is 41.0 Å². The number of halogens is 1. The van der Waals surface area contributed by atoms with Crippen molar-refractivity contribution in [1.29, 1.82) is 5.26 Å². The molecular weight excluding hydrogens is 510 g/mol. The molecule has 1 saturated carbocycles. The number of rotatable bonds is 9. The Morgan fingerprint density at radius 3 is 2.78 bits per heavy atom. The first-order valence-corrected chi connectivity index (χ1v) is 14.1. The SMILES string of the molecule is CC1CN(c2cc(Cl)nc(SCC(=O)N(CCC#N)Cc3cccnc3)n2)CCN1C(=O)C1CCCC1. The number of nitriles is 1. The highest BCUT2D eigenvalue weighted by Crippen LogP contribution is 2.29. The average Bonchev–Trinajstić information content (AvgIpc) is 3.45. The van der Waals surface area contributed by atoms with Crippen molar-refractivity contribution < 1.29 is 9.59 Å². The summed E-state index contributed by atoms with van der Waals surface area (Å²) in [5.41, 5.74) is 0.903. The van der Waals surface area contributed by atoms with Gasteiger partial charge >= 0.3 is 0 Å². The maximum Gasteiger partial charge on any atom is 0.233 e. The van der Waals surface area contributed by atoms with Gasteiger partial charge in [0.05, 0.1) is 18.2 Å². The highest BCUT2D eigenvalue weighted by molar-refractivity contribution is 7.99. The lowest BCUT2D eigenvalue weighted by atomic mass is 10.0. The molecule has 2 amide bonds. The number of thioether (sulfide) groups is 1. The lowest BCUT2D eigenvalue weighted by molar-refractivity contribution is -0.137. The van der Waals surface area contributed by atoms with E-state index < -0.39 is 0 Å². The molecule has 37 heavy (non-hydrogen) atoms. The van der Waals surface area contributed by atoms with Gasteiger partial charge in [0.25, 0.3) is 0 Å². The van der Waals surface area contributed by atoms with Crippen molar-refractivity contribution in [1.82, 2.24) is 24.8 Å². The lowest BCUT2D eigenvalue weighted by Crippen LogP contribution is -2.55. The molecule has 1 aliphatic carbocycles. The van der Waals surface area contributed by atoms with Crippen molar-refractivity contribution in [2.45, 2.75) is 56.8 Å². The van der Waals surface area contributed by atoms with Crippen LogP contribution >= 0.6 is 23.4 Å². The van der Waals surface area contributed by atoms with E-state index in [1.807, 2.05) is 17.0 Å². The van der Waals surface area contributed by atoms with Crippen LogP contribution in [0.15, 0.2) is 35.7 Å². The summed E-state index contributed by atoms with van der Waals surface area (Å²) in [6, 6.07) is 7.64. The van der Waals surface area contributed by atoms with E-state index in [9.17, 15) is 9.59 Å². The Hall–Kier alpha value is -2.90. The number of nitrogens with zero attached hydrogens (tertiary/aromatic N) is 7. The Morgan fingerprint density at radius 1 is 1.27 bits per heavy atom. The molecule has 1 aliphatic heterocycles. The molecule has 0 spiro atoms. The molecule has 1 saturated heterocycles. The van der Waals surface area contributed by atoms with Gasteiger partial charge in [0.2, 0.25) is 11.8 Å². The Balaban J connectivity index is 1.37. The Morgan fingerprint density at radius 2 is 2.08 bits per heavy atom. The third-order valence-corrected chi connectivity index (χ3v) is 7.89. The molecule has 11 heteroatoms. The molecule has 9 nitrogen and oxygen atoms in total. The van der Waals surface area contributed by atoms with E-state index in [1.165, 1.54) is 11.8 Å². The summed E-state index contributed by atoms with van der Waals surface area (Å²) in [7, 11) is 0. The van der Waals surface area contributed by atoms with Crippen LogP contribution in [0.4, 0.5) is 5.82 Å². The number of aromatic nitrogens is 3. The second-order valence-electron chi connectivity index (χ2n) is 9.51. The molecule has 196 valence electrons. The normalized spacial score (nSPS) is 18.0. The zero-order chi connectivity index (χ0) is 26.2. The summed E-state index contributed by atoms with van der Waals surface area (Å²) in [6.07, 6.45) is 7.95. The van der Waals surface area contributed by atoms with Crippen molar-refractivity contribution in [2.24, 2.45) is 5.92 Å². The molecule has 0 aromatic carbocycles.